The van der Waals surface area contributed by atoms with Crippen LogP contribution in [0.3, 0.4) is 0 Å². The highest BCUT2D eigenvalue weighted by molar-refractivity contribution is 9.10. The van der Waals surface area contributed by atoms with Gasteiger partial charge in [-0.1, -0.05) is 0 Å². The third-order valence-electron chi connectivity index (χ3n) is 3.19. The molecule has 4 nitrogen and oxygen atoms in total. The highest BCUT2D eigenvalue weighted by atomic mass is 79.9. The lowest BCUT2D eigenvalue weighted by Gasteiger charge is -2.21. The first-order valence-corrected chi connectivity index (χ1v) is 6.81. The van der Waals surface area contributed by atoms with Crippen molar-refractivity contribution in [1.82, 2.24) is 9.78 Å². The zero-order valence-electron chi connectivity index (χ0n) is 10.4. The van der Waals surface area contributed by atoms with Gasteiger partial charge in [0.25, 0.3) is 0 Å². The standard InChI is InChI=1S/C12H19BrN2O2/c1-9-12(13)11(15(2)14-9)8-17-7-10-3-5-16-6-4-10/h10H,3-8H2,1-2H3. The maximum absolute atomic E-state index is 5.79. The molecule has 96 valence electrons. The summed E-state index contributed by atoms with van der Waals surface area (Å²) in [7, 11) is 1.95. The number of hydrogen-bond donors (Lipinski definition) is 0. The van der Waals surface area contributed by atoms with Crippen molar-refractivity contribution in [3.8, 4) is 0 Å². The maximum Gasteiger partial charge on any atom is 0.0896 e. The first-order valence-electron chi connectivity index (χ1n) is 6.02. The van der Waals surface area contributed by atoms with Crippen LogP contribution in [0.2, 0.25) is 0 Å². The van der Waals surface area contributed by atoms with Crippen LogP contribution in [-0.2, 0) is 23.1 Å². The SMILES string of the molecule is Cc1nn(C)c(COCC2CCOCC2)c1Br. The van der Waals surface area contributed by atoms with Crippen molar-refractivity contribution in [3.05, 3.63) is 15.9 Å². The van der Waals surface area contributed by atoms with E-state index in [0.29, 0.717) is 12.5 Å². The Balaban J connectivity index is 1.81. The largest absolute Gasteiger partial charge is 0.381 e. The average Bonchev–Trinajstić information content (AvgIpc) is 2.57. The molecule has 1 aliphatic rings. The molecule has 0 aliphatic carbocycles. The van der Waals surface area contributed by atoms with Crippen LogP contribution < -0.4 is 0 Å². The number of aromatic nitrogens is 2. The summed E-state index contributed by atoms with van der Waals surface area (Å²) in [5, 5.41) is 4.35. The maximum atomic E-state index is 5.79. The van der Waals surface area contributed by atoms with Crippen LogP contribution >= 0.6 is 15.9 Å². The molecule has 1 saturated heterocycles. The molecule has 2 rings (SSSR count). The molecule has 1 aliphatic heterocycles. The van der Waals surface area contributed by atoms with Crippen LogP contribution in [0, 0.1) is 12.8 Å². The van der Waals surface area contributed by atoms with E-state index >= 15 is 0 Å². The van der Waals surface area contributed by atoms with Crippen LogP contribution in [0.5, 0.6) is 0 Å². The van der Waals surface area contributed by atoms with Gasteiger partial charge in [-0.2, -0.15) is 5.10 Å². The highest BCUT2D eigenvalue weighted by Gasteiger charge is 2.15. The van der Waals surface area contributed by atoms with Gasteiger partial charge in [0.2, 0.25) is 0 Å². The van der Waals surface area contributed by atoms with Crippen LogP contribution in [0.25, 0.3) is 0 Å². The van der Waals surface area contributed by atoms with Gasteiger partial charge in [-0.25, -0.2) is 0 Å². The first kappa shape index (κ1) is 13.1. The Bertz CT molecular complexity index is 373. The fourth-order valence-electron chi connectivity index (χ4n) is 2.07. The first-order chi connectivity index (χ1) is 8.18. The Kier molecular flexibility index (Phi) is 4.59. The van der Waals surface area contributed by atoms with E-state index in [0.717, 1.165) is 48.5 Å². The van der Waals surface area contributed by atoms with Crippen molar-refractivity contribution in [3.63, 3.8) is 0 Å². The van der Waals surface area contributed by atoms with Crippen molar-refractivity contribution in [1.29, 1.82) is 0 Å². The highest BCUT2D eigenvalue weighted by Crippen LogP contribution is 2.22. The summed E-state index contributed by atoms with van der Waals surface area (Å²) < 4.78 is 14.1. The molecule has 1 aromatic rings. The van der Waals surface area contributed by atoms with Crippen LogP contribution in [0.1, 0.15) is 24.2 Å². The molecule has 1 fully saturated rings. The van der Waals surface area contributed by atoms with E-state index in [1.165, 1.54) is 0 Å². The Labute approximate surface area is 110 Å². The van der Waals surface area contributed by atoms with Crippen LogP contribution in [-0.4, -0.2) is 29.6 Å². The van der Waals surface area contributed by atoms with E-state index in [1.807, 2.05) is 18.7 Å². The molecule has 0 bridgehead atoms. The molecule has 0 saturated carbocycles. The smallest absolute Gasteiger partial charge is 0.0896 e. The molecule has 1 aromatic heterocycles. The second kappa shape index (κ2) is 5.98. The summed E-state index contributed by atoms with van der Waals surface area (Å²) >= 11 is 3.54. The topological polar surface area (TPSA) is 36.3 Å². The number of nitrogens with zero attached hydrogens (tertiary/aromatic N) is 2. The van der Waals surface area contributed by atoms with Gasteiger partial charge >= 0.3 is 0 Å². The monoisotopic (exact) mass is 302 g/mol. The van der Waals surface area contributed by atoms with E-state index in [-0.39, 0.29) is 0 Å². The molecule has 0 aromatic carbocycles. The van der Waals surface area contributed by atoms with Crippen molar-refractivity contribution in [2.75, 3.05) is 19.8 Å². The normalized spacial score (nSPS) is 17.6. The molecular weight excluding hydrogens is 284 g/mol. The summed E-state index contributed by atoms with van der Waals surface area (Å²) in [5.74, 6) is 0.650. The van der Waals surface area contributed by atoms with Gasteiger partial charge in [0, 0.05) is 20.3 Å². The second-order valence-electron chi connectivity index (χ2n) is 4.54. The summed E-state index contributed by atoms with van der Waals surface area (Å²) in [6.45, 7) is 5.19. The summed E-state index contributed by atoms with van der Waals surface area (Å²) in [6.07, 6.45) is 2.23. The lowest BCUT2D eigenvalue weighted by molar-refractivity contribution is 0.0142. The second-order valence-corrected chi connectivity index (χ2v) is 5.33. The molecule has 0 N–H and O–H groups in total. The minimum absolute atomic E-state index is 0.620. The average molecular weight is 303 g/mol. The van der Waals surface area contributed by atoms with E-state index in [9.17, 15) is 0 Å². The Morgan fingerprint density at radius 1 is 1.47 bits per heavy atom. The zero-order valence-corrected chi connectivity index (χ0v) is 12.0. The molecule has 0 spiro atoms. The van der Waals surface area contributed by atoms with Crippen molar-refractivity contribution in [2.24, 2.45) is 13.0 Å². The fraction of sp³-hybridized carbons (Fsp3) is 0.750. The predicted molar refractivity (Wildman–Crippen MR) is 68.8 cm³/mol. The third kappa shape index (κ3) is 3.30. The van der Waals surface area contributed by atoms with Crippen LogP contribution in [0.4, 0.5) is 0 Å². The number of hydrogen-bond acceptors (Lipinski definition) is 3. The molecule has 0 radical (unpaired) electrons. The lowest BCUT2D eigenvalue weighted by Crippen LogP contribution is -2.20. The summed E-state index contributed by atoms with van der Waals surface area (Å²) in [5.41, 5.74) is 2.12. The van der Waals surface area contributed by atoms with E-state index in [2.05, 4.69) is 21.0 Å². The molecule has 5 heteroatoms. The van der Waals surface area contributed by atoms with Gasteiger partial charge in [0.15, 0.2) is 0 Å². The minimum atomic E-state index is 0.620. The Morgan fingerprint density at radius 3 is 2.76 bits per heavy atom. The van der Waals surface area contributed by atoms with Gasteiger partial charge in [-0.3, -0.25) is 4.68 Å². The quantitative estimate of drug-likeness (QED) is 0.857. The molecule has 17 heavy (non-hydrogen) atoms. The molecular formula is C12H19BrN2O2. The number of ether oxygens (including phenoxy) is 2. The number of rotatable bonds is 4. The van der Waals surface area contributed by atoms with Crippen molar-refractivity contribution < 1.29 is 9.47 Å². The summed E-state index contributed by atoms with van der Waals surface area (Å²) in [6, 6.07) is 0. The molecule has 0 amide bonds. The number of halogens is 1. The minimum Gasteiger partial charge on any atom is -0.381 e. The zero-order chi connectivity index (χ0) is 12.3. The van der Waals surface area contributed by atoms with Gasteiger partial charge < -0.3 is 9.47 Å². The third-order valence-corrected chi connectivity index (χ3v) is 4.23. The van der Waals surface area contributed by atoms with Gasteiger partial charge in [-0.15, -0.1) is 0 Å². The Morgan fingerprint density at radius 2 is 2.18 bits per heavy atom. The van der Waals surface area contributed by atoms with E-state index in [4.69, 9.17) is 9.47 Å². The van der Waals surface area contributed by atoms with Gasteiger partial charge in [-0.05, 0) is 41.6 Å². The van der Waals surface area contributed by atoms with Crippen molar-refractivity contribution >= 4 is 15.9 Å². The lowest BCUT2D eigenvalue weighted by atomic mass is 10.0. The molecule has 2 heterocycles. The van der Waals surface area contributed by atoms with E-state index < -0.39 is 0 Å². The Hall–Kier alpha value is -0.390. The fourth-order valence-corrected chi connectivity index (χ4v) is 2.52. The molecule has 0 atom stereocenters. The van der Waals surface area contributed by atoms with Gasteiger partial charge in [0.05, 0.1) is 29.1 Å². The van der Waals surface area contributed by atoms with Gasteiger partial charge in [0.1, 0.15) is 0 Å². The van der Waals surface area contributed by atoms with Crippen molar-refractivity contribution in [2.45, 2.75) is 26.4 Å². The van der Waals surface area contributed by atoms with Crippen LogP contribution in [0.15, 0.2) is 4.47 Å². The predicted octanol–water partition coefficient (Wildman–Crippen LogP) is 2.43. The number of aryl methyl sites for hydroxylation is 2. The molecule has 0 unspecified atom stereocenters. The van der Waals surface area contributed by atoms with E-state index in [1.54, 1.807) is 0 Å². The summed E-state index contributed by atoms with van der Waals surface area (Å²) in [4.78, 5) is 0.